The van der Waals surface area contributed by atoms with Crippen molar-refractivity contribution >= 4 is 22.9 Å². The van der Waals surface area contributed by atoms with Crippen LogP contribution in [0.2, 0.25) is 0 Å². The number of aromatic nitrogens is 2. The van der Waals surface area contributed by atoms with E-state index < -0.39 is 0 Å². The lowest BCUT2D eigenvalue weighted by Gasteiger charge is -2.37. The van der Waals surface area contributed by atoms with Crippen molar-refractivity contribution in [1.29, 1.82) is 0 Å². The van der Waals surface area contributed by atoms with E-state index in [2.05, 4.69) is 34.7 Å². The predicted octanol–water partition coefficient (Wildman–Crippen LogP) is 5.38. The van der Waals surface area contributed by atoms with Crippen LogP contribution in [0.3, 0.4) is 0 Å². The van der Waals surface area contributed by atoms with Gasteiger partial charge in [-0.25, -0.2) is 9.37 Å². The van der Waals surface area contributed by atoms with Crippen LogP contribution in [-0.4, -0.2) is 34.6 Å². The van der Waals surface area contributed by atoms with Crippen LogP contribution in [0.15, 0.2) is 48.5 Å². The second-order valence-electron chi connectivity index (χ2n) is 10.3. The van der Waals surface area contributed by atoms with Crippen LogP contribution in [0.1, 0.15) is 51.5 Å². The zero-order valence-electron chi connectivity index (χ0n) is 20.2. The summed E-state index contributed by atoms with van der Waals surface area (Å²) in [5.41, 5.74) is 3.07. The molecule has 180 valence electrons. The number of halogens is 1. The van der Waals surface area contributed by atoms with Gasteiger partial charge in [0.2, 0.25) is 11.9 Å². The number of carbonyl (C=O) groups is 1. The normalized spacial score (nSPS) is 23.9. The number of imidazole rings is 1. The Morgan fingerprint density at radius 1 is 1.03 bits per heavy atom. The number of nitrogens with one attached hydrogen (secondary N) is 1. The van der Waals surface area contributed by atoms with Crippen molar-refractivity contribution in [3.8, 4) is 0 Å². The lowest BCUT2D eigenvalue weighted by atomic mass is 9.78. The lowest BCUT2D eigenvalue weighted by Crippen LogP contribution is -2.48. The number of fused-ring (bicyclic) bond motifs is 1. The monoisotopic (exact) mass is 462 g/mol. The largest absolute Gasteiger partial charge is 0.353 e. The van der Waals surface area contributed by atoms with Gasteiger partial charge < -0.3 is 14.8 Å². The molecular formula is C28H35FN4O. The van der Waals surface area contributed by atoms with Crippen molar-refractivity contribution in [3.63, 3.8) is 0 Å². The number of hydrogen-bond donors (Lipinski definition) is 1. The molecule has 2 aliphatic rings. The lowest BCUT2D eigenvalue weighted by molar-refractivity contribution is -0.127. The number of piperidine rings is 1. The zero-order valence-corrected chi connectivity index (χ0v) is 20.2. The molecule has 1 aliphatic carbocycles. The topological polar surface area (TPSA) is 50.2 Å². The average Bonchev–Trinajstić information content (AvgIpc) is 3.22. The van der Waals surface area contributed by atoms with Gasteiger partial charge in [0.25, 0.3) is 0 Å². The molecule has 0 bridgehead atoms. The van der Waals surface area contributed by atoms with E-state index in [4.69, 9.17) is 4.98 Å². The summed E-state index contributed by atoms with van der Waals surface area (Å²) >= 11 is 0. The summed E-state index contributed by atoms with van der Waals surface area (Å²) in [5, 5.41) is 3.38. The first-order chi connectivity index (χ1) is 16.5. The number of amides is 1. The quantitative estimate of drug-likeness (QED) is 0.554. The van der Waals surface area contributed by atoms with Gasteiger partial charge in [-0.3, -0.25) is 4.79 Å². The van der Waals surface area contributed by atoms with E-state index in [0.29, 0.717) is 24.4 Å². The summed E-state index contributed by atoms with van der Waals surface area (Å²) < 4.78 is 15.6. The summed E-state index contributed by atoms with van der Waals surface area (Å²) in [6, 6.07) is 15.1. The van der Waals surface area contributed by atoms with Gasteiger partial charge in [-0.2, -0.15) is 0 Å². The van der Waals surface area contributed by atoms with E-state index in [1.54, 1.807) is 0 Å². The predicted molar refractivity (Wildman–Crippen MR) is 134 cm³/mol. The van der Waals surface area contributed by atoms with Gasteiger partial charge in [0, 0.05) is 25.0 Å². The summed E-state index contributed by atoms with van der Waals surface area (Å²) in [6.45, 7) is 6.83. The van der Waals surface area contributed by atoms with E-state index in [0.717, 1.165) is 54.9 Å². The molecule has 1 aromatic heterocycles. The Balaban J connectivity index is 1.29. The van der Waals surface area contributed by atoms with Crippen LogP contribution in [0.4, 0.5) is 10.3 Å². The third kappa shape index (κ3) is 4.68. The number of para-hydroxylation sites is 2. The number of anilines is 1. The molecule has 1 aliphatic heterocycles. The molecule has 2 fully saturated rings. The zero-order chi connectivity index (χ0) is 23.7. The highest BCUT2D eigenvalue weighted by atomic mass is 19.1. The van der Waals surface area contributed by atoms with E-state index >= 15 is 0 Å². The second-order valence-corrected chi connectivity index (χ2v) is 10.3. The Kier molecular flexibility index (Phi) is 6.57. The average molecular weight is 463 g/mol. The highest BCUT2D eigenvalue weighted by molar-refractivity contribution is 5.80. The molecule has 1 N–H and O–H groups in total. The fourth-order valence-corrected chi connectivity index (χ4v) is 5.66. The molecule has 3 atom stereocenters. The first-order valence-corrected chi connectivity index (χ1v) is 12.7. The maximum Gasteiger partial charge on any atom is 0.223 e. The van der Waals surface area contributed by atoms with Gasteiger partial charge in [-0.1, -0.05) is 51.0 Å². The molecule has 0 radical (unpaired) electrons. The van der Waals surface area contributed by atoms with Crippen LogP contribution in [0, 0.1) is 23.6 Å². The first-order valence-electron chi connectivity index (χ1n) is 12.7. The highest BCUT2D eigenvalue weighted by Crippen LogP contribution is 2.31. The number of rotatable bonds is 5. The van der Waals surface area contributed by atoms with Crippen molar-refractivity contribution in [1.82, 2.24) is 14.9 Å². The Morgan fingerprint density at radius 2 is 1.76 bits per heavy atom. The number of nitrogens with zero attached hydrogens (tertiary/aromatic N) is 3. The molecule has 2 aromatic carbocycles. The Hall–Kier alpha value is -2.89. The molecule has 1 saturated heterocycles. The summed E-state index contributed by atoms with van der Waals surface area (Å²) in [6.07, 6.45) is 5.25. The summed E-state index contributed by atoms with van der Waals surface area (Å²) in [5.74, 6) is 2.22. The van der Waals surface area contributed by atoms with Gasteiger partial charge in [-0.15, -0.1) is 0 Å². The molecule has 6 heteroatoms. The fourth-order valence-electron chi connectivity index (χ4n) is 5.66. The van der Waals surface area contributed by atoms with Crippen LogP contribution in [0.25, 0.3) is 11.0 Å². The van der Waals surface area contributed by atoms with Crippen LogP contribution < -0.4 is 10.2 Å². The van der Waals surface area contributed by atoms with E-state index in [-0.39, 0.29) is 17.6 Å². The maximum absolute atomic E-state index is 13.4. The molecule has 1 saturated carbocycles. The molecule has 34 heavy (non-hydrogen) atoms. The second kappa shape index (κ2) is 9.77. The summed E-state index contributed by atoms with van der Waals surface area (Å²) in [7, 11) is 0. The third-order valence-electron chi connectivity index (χ3n) is 8.07. The molecule has 1 amide bonds. The maximum atomic E-state index is 13.4. The SMILES string of the molecule is C[C@@H]1[C@H](C)CCC[C@H]1NC(=O)C1CCN(c2nc3ccccc3n2Cc2ccc(F)cc2)CC1. The number of benzene rings is 2. The third-order valence-corrected chi connectivity index (χ3v) is 8.07. The van der Waals surface area contributed by atoms with Crippen molar-refractivity contribution in [2.75, 3.05) is 18.0 Å². The molecule has 5 nitrogen and oxygen atoms in total. The van der Waals surface area contributed by atoms with Gasteiger partial charge in [0.1, 0.15) is 5.82 Å². The Bertz CT molecular complexity index is 1130. The molecule has 3 aromatic rings. The highest BCUT2D eigenvalue weighted by Gasteiger charge is 2.32. The van der Waals surface area contributed by atoms with Gasteiger partial charge in [0.15, 0.2) is 0 Å². The minimum Gasteiger partial charge on any atom is -0.353 e. The van der Waals surface area contributed by atoms with Crippen molar-refractivity contribution in [2.45, 2.75) is 58.5 Å². The Labute approximate surface area is 201 Å². The van der Waals surface area contributed by atoms with Crippen LogP contribution >= 0.6 is 0 Å². The fraction of sp³-hybridized carbons (Fsp3) is 0.500. The minimum atomic E-state index is -0.225. The van der Waals surface area contributed by atoms with Crippen LogP contribution in [-0.2, 0) is 11.3 Å². The van der Waals surface area contributed by atoms with Crippen molar-refractivity contribution in [2.24, 2.45) is 17.8 Å². The van der Waals surface area contributed by atoms with Crippen molar-refractivity contribution < 1.29 is 9.18 Å². The van der Waals surface area contributed by atoms with Gasteiger partial charge >= 0.3 is 0 Å². The van der Waals surface area contributed by atoms with E-state index in [1.807, 2.05) is 30.3 Å². The van der Waals surface area contributed by atoms with E-state index in [1.165, 1.54) is 25.0 Å². The van der Waals surface area contributed by atoms with Gasteiger partial charge in [0.05, 0.1) is 17.6 Å². The molecule has 5 rings (SSSR count). The minimum absolute atomic E-state index is 0.0654. The summed E-state index contributed by atoms with van der Waals surface area (Å²) in [4.78, 5) is 20.3. The van der Waals surface area contributed by atoms with E-state index in [9.17, 15) is 9.18 Å². The van der Waals surface area contributed by atoms with Crippen molar-refractivity contribution in [3.05, 3.63) is 59.9 Å². The standard InChI is InChI=1S/C28H35FN4O/c1-19-6-5-8-24(20(19)2)30-27(34)22-14-16-32(17-15-22)28-31-25-7-3-4-9-26(25)33(28)18-21-10-12-23(29)13-11-21/h3-4,7,9-13,19-20,22,24H,5-6,8,14-18H2,1-2H3,(H,30,34)/t19-,20-,24-/m1/s1. The van der Waals surface area contributed by atoms with Gasteiger partial charge in [-0.05, 0) is 60.9 Å². The molecule has 0 unspecified atom stereocenters. The Morgan fingerprint density at radius 3 is 2.53 bits per heavy atom. The molecule has 2 heterocycles. The number of carbonyl (C=O) groups excluding carboxylic acids is 1. The molecular weight excluding hydrogens is 427 g/mol. The molecule has 0 spiro atoms. The smallest absolute Gasteiger partial charge is 0.223 e. The van der Waals surface area contributed by atoms with Crippen LogP contribution in [0.5, 0.6) is 0 Å². The first kappa shape index (κ1) is 22.9. The number of hydrogen-bond acceptors (Lipinski definition) is 3.